The maximum atomic E-state index is 11.3. The number of nitrogens with one attached hydrogen (secondary N) is 1. The molecule has 0 aliphatic rings. The number of rotatable bonds is 3. The van der Waals surface area contributed by atoms with Crippen molar-refractivity contribution >= 4 is 18.7 Å². The lowest BCUT2D eigenvalue weighted by Crippen LogP contribution is -2.34. The molecule has 16 heavy (non-hydrogen) atoms. The highest BCUT2D eigenvalue weighted by Crippen LogP contribution is 2.06. The van der Waals surface area contributed by atoms with Crippen LogP contribution in [-0.2, 0) is 11.3 Å². The van der Waals surface area contributed by atoms with E-state index in [-0.39, 0.29) is 0 Å². The first-order chi connectivity index (χ1) is 7.37. The molecule has 90 valence electrons. The SMILES string of the molecule is CC(C)(C)OC(=O)NCCn1cc(S)cn1. The van der Waals surface area contributed by atoms with Gasteiger partial charge in [0.05, 0.1) is 12.7 Å². The number of amides is 1. The predicted octanol–water partition coefficient (Wildman–Crippen LogP) is 1.70. The van der Waals surface area contributed by atoms with Gasteiger partial charge in [0.15, 0.2) is 0 Å². The highest BCUT2D eigenvalue weighted by molar-refractivity contribution is 7.80. The first-order valence-electron chi connectivity index (χ1n) is 5.05. The molecule has 0 spiro atoms. The summed E-state index contributed by atoms with van der Waals surface area (Å²) < 4.78 is 6.79. The topological polar surface area (TPSA) is 56.1 Å². The number of thiol groups is 1. The Morgan fingerprint density at radius 3 is 2.81 bits per heavy atom. The van der Waals surface area contributed by atoms with Crippen LogP contribution < -0.4 is 5.32 Å². The molecule has 0 atom stereocenters. The number of aromatic nitrogens is 2. The molecule has 0 aliphatic carbocycles. The number of nitrogens with zero attached hydrogens (tertiary/aromatic N) is 2. The summed E-state index contributed by atoms with van der Waals surface area (Å²) in [4.78, 5) is 12.1. The molecule has 1 amide bonds. The number of carbonyl (C=O) groups excluding carboxylic acids is 1. The molecular formula is C10H17N3O2S. The summed E-state index contributed by atoms with van der Waals surface area (Å²) in [5, 5.41) is 6.69. The lowest BCUT2D eigenvalue weighted by atomic mass is 10.2. The Kier molecular flexibility index (Phi) is 4.23. The van der Waals surface area contributed by atoms with E-state index >= 15 is 0 Å². The van der Waals surface area contributed by atoms with Crippen LogP contribution in [0.25, 0.3) is 0 Å². The van der Waals surface area contributed by atoms with Crippen molar-refractivity contribution in [2.24, 2.45) is 0 Å². The first-order valence-corrected chi connectivity index (χ1v) is 5.50. The maximum absolute atomic E-state index is 11.3. The van der Waals surface area contributed by atoms with E-state index < -0.39 is 11.7 Å². The average molecular weight is 243 g/mol. The smallest absolute Gasteiger partial charge is 0.407 e. The van der Waals surface area contributed by atoms with Gasteiger partial charge in [-0.05, 0) is 20.8 Å². The van der Waals surface area contributed by atoms with Crippen LogP contribution in [-0.4, -0.2) is 28.0 Å². The van der Waals surface area contributed by atoms with Crippen molar-refractivity contribution in [3.05, 3.63) is 12.4 Å². The fourth-order valence-electron chi connectivity index (χ4n) is 1.06. The van der Waals surface area contributed by atoms with Crippen LogP contribution in [0.1, 0.15) is 20.8 Å². The van der Waals surface area contributed by atoms with Crippen molar-refractivity contribution < 1.29 is 9.53 Å². The van der Waals surface area contributed by atoms with E-state index in [1.807, 2.05) is 20.8 Å². The van der Waals surface area contributed by atoms with Crippen LogP contribution >= 0.6 is 12.6 Å². The highest BCUT2D eigenvalue weighted by Gasteiger charge is 2.15. The maximum Gasteiger partial charge on any atom is 0.407 e. The first kappa shape index (κ1) is 12.9. The van der Waals surface area contributed by atoms with Gasteiger partial charge in [0.1, 0.15) is 5.60 Å². The van der Waals surface area contributed by atoms with Gasteiger partial charge in [0.2, 0.25) is 0 Å². The zero-order chi connectivity index (χ0) is 12.2. The molecule has 0 unspecified atom stereocenters. The monoisotopic (exact) mass is 243 g/mol. The Hall–Kier alpha value is -1.17. The lowest BCUT2D eigenvalue weighted by Gasteiger charge is -2.19. The predicted molar refractivity (Wildman–Crippen MR) is 63.7 cm³/mol. The summed E-state index contributed by atoms with van der Waals surface area (Å²) in [6.45, 7) is 6.55. The van der Waals surface area contributed by atoms with Gasteiger partial charge < -0.3 is 10.1 Å². The summed E-state index contributed by atoms with van der Waals surface area (Å²) >= 11 is 4.13. The normalized spacial score (nSPS) is 11.2. The Morgan fingerprint density at radius 2 is 2.31 bits per heavy atom. The van der Waals surface area contributed by atoms with E-state index in [0.29, 0.717) is 13.1 Å². The average Bonchev–Trinajstić information content (AvgIpc) is 2.48. The van der Waals surface area contributed by atoms with Crippen LogP contribution in [0.15, 0.2) is 17.3 Å². The van der Waals surface area contributed by atoms with Gasteiger partial charge in [-0.1, -0.05) is 0 Å². The number of hydrogen-bond donors (Lipinski definition) is 2. The number of hydrogen-bond acceptors (Lipinski definition) is 4. The fraction of sp³-hybridized carbons (Fsp3) is 0.600. The third kappa shape index (κ3) is 5.06. The van der Waals surface area contributed by atoms with Gasteiger partial charge in [-0.25, -0.2) is 4.79 Å². The zero-order valence-corrected chi connectivity index (χ0v) is 10.6. The molecule has 1 aromatic rings. The molecular weight excluding hydrogens is 226 g/mol. The van der Waals surface area contributed by atoms with Crippen molar-refractivity contribution in [2.45, 2.75) is 37.8 Å². The van der Waals surface area contributed by atoms with Crippen molar-refractivity contribution in [3.8, 4) is 0 Å². The second kappa shape index (κ2) is 5.25. The minimum Gasteiger partial charge on any atom is -0.444 e. The van der Waals surface area contributed by atoms with E-state index in [1.165, 1.54) is 0 Å². The van der Waals surface area contributed by atoms with Crippen molar-refractivity contribution in [3.63, 3.8) is 0 Å². The molecule has 0 radical (unpaired) electrons. The quantitative estimate of drug-likeness (QED) is 0.794. The van der Waals surface area contributed by atoms with E-state index in [1.54, 1.807) is 17.1 Å². The molecule has 1 N–H and O–H groups in total. The lowest BCUT2D eigenvalue weighted by molar-refractivity contribution is 0.0525. The van der Waals surface area contributed by atoms with E-state index in [4.69, 9.17) is 4.74 Å². The third-order valence-electron chi connectivity index (χ3n) is 1.63. The molecule has 6 heteroatoms. The summed E-state index contributed by atoms with van der Waals surface area (Å²) in [6, 6.07) is 0. The minimum absolute atomic E-state index is 0.411. The van der Waals surface area contributed by atoms with Gasteiger partial charge >= 0.3 is 6.09 Å². The van der Waals surface area contributed by atoms with Crippen molar-refractivity contribution in [1.82, 2.24) is 15.1 Å². The van der Waals surface area contributed by atoms with Crippen LogP contribution in [0, 0.1) is 0 Å². The molecule has 1 rings (SSSR count). The highest BCUT2D eigenvalue weighted by atomic mass is 32.1. The molecule has 0 aromatic carbocycles. The Labute approximate surface area is 101 Å². The molecule has 0 fully saturated rings. The second-order valence-corrected chi connectivity index (χ2v) is 4.91. The molecule has 0 aliphatic heterocycles. The minimum atomic E-state index is -0.464. The molecule has 0 saturated heterocycles. The van der Waals surface area contributed by atoms with Gasteiger partial charge in [0.25, 0.3) is 0 Å². The standard InChI is InChI=1S/C10H17N3O2S/c1-10(2,3)15-9(14)11-4-5-13-7-8(16)6-12-13/h6-7,16H,4-5H2,1-3H3,(H,11,14). The number of alkyl carbamates (subject to hydrolysis) is 1. The Morgan fingerprint density at radius 1 is 1.62 bits per heavy atom. The molecule has 1 aromatic heterocycles. The van der Waals surface area contributed by atoms with E-state index in [9.17, 15) is 4.79 Å². The Bertz CT molecular complexity index is 357. The molecule has 0 bridgehead atoms. The molecule has 0 saturated carbocycles. The largest absolute Gasteiger partial charge is 0.444 e. The number of carbonyl (C=O) groups is 1. The molecule has 5 nitrogen and oxygen atoms in total. The second-order valence-electron chi connectivity index (χ2n) is 4.39. The van der Waals surface area contributed by atoms with E-state index in [0.717, 1.165) is 4.90 Å². The summed E-state index contributed by atoms with van der Waals surface area (Å²) in [5.74, 6) is 0. The van der Waals surface area contributed by atoms with Gasteiger partial charge in [-0.2, -0.15) is 5.10 Å². The van der Waals surface area contributed by atoms with Crippen LogP contribution in [0.4, 0.5) is 4.79 Å². The summed E-state index contributed by atoms with van der Waals surface area (Å²) in [7, 11) is 0. The third-order valence-corrected chi connectivity index (χ3v) is 1.86. The zero-order valence-electron chi connectivity index (χ0n) is 9.73. The van der Waals surface area contributed by atoms with Crippen LogP contribution in [0.3, 0.4) is 0 Å². The summed E-state index contributed by atoms with van der Waals surface area (Å²) in [5.41, 5.74) is -0.464. The van der Waals surface area contributed by atoms with Crippen molar-refractivity contribution in [1.29, 1.82) is 0 Å². The van der Waals surface area contributed by atoms with Gasteiger partial charge in [-0.3, -0.25) is 4.68 Å². The Balaban J connectivity index is 2.23. The van der Waals surface area contributed by atoms with Crippen LogP contribution in [0.2, 0.25) is 0 Å². The van der Waals surface area contributed by atoms with E-state index in [2.05, 4.69) is 23.0 Å². The van der Waals surface area contributed by atoms with Crippen LogP contribution in [0.5, 0.6) is 0 Å². The van der Waals surface area contributed by atoms with Gasteiger partial charge in [-0.15, -0.1) is 12.6 Å². The fourth-order valence-corrected chi connectivity index (χ4v) is 1.25. The number of ether oxygens (including phenoxy) is 1. The van der Waals surface area contributed by atoms with Gasteiger partial charge in [0, 0.05) is 17.6 Å². The summed E-state index contributed by atoms with van der Waals surface area (Å²) in [6.07, 6.45) is 3.03. The molecule has 1 heterocycles. The van der Waals surface area contributed by atoms with Crippen molar-refractivity contribution in [2.75, 3.05) is 6.54 Å².